The number of nitrogen functional groups attached to an aromatic ring is 1. The number of anilines is 1. The molecule has 2 aromatic rings. The van der Waals surface area contributed by atoms with Crippen molar-refractivity contribution in [2.75, 3.05) is 26.4 Å². The summed E-state index contributed by atoms with van der Waals surface area (Å²) >= 11 is 0. The van der Waals surface area contributed by atoms with Gasteiger partial charge in [0, 0.05) is 13.2 Å². The second kappa shape index (κ2) is 6.08. The summed E-state index contributed by atoms with van der Waals surface area (Å²) in [6.07, 6.45) is 1.64. The van der Waals surface area contributed by atoms with E-state index in [4.69, 9.17) is 5.73 Å². The first-order valence-electron chi connectivity index (χ1n) is 6.25. The van der Waals surface area contributed by atoms with E-state index in [-0.39, 0.29) is 18.1 Å². The number of rotatable bonds is 4. The number of amides is 1. The molecular formula is C14H16N4O3. The lowest BCUT2D eigenvalue weighted by Gasteiger charge is -2.13. The lowest BCUT2D eigenvalue weighted by atomic mass is 10.3. The molecule has 0 atom stereocenters. The normalized spacial score (nSPS) is 10.2. The van der Waals surface area contributed by atoms with Crippen LogP contribution in [0.4, 0.5) is 5.69 Å². The SMILES string of the molecule is COC(=O)CN(C)C(=O)c1ccn(-c2ccccc2N)n1. The number of para-hydroxylation sites is 2. The molecule has 1 aromatic carbocycles. The minimum absolute atomic E-state index is 0.129. The lowest BCUT2D eigenvalue weighted by Crippen LogP contribution is -2.33. The number of esters is 1. The van der Waals surface area contributed by atoms with Gasteiger partial charge in [-0.25, -0.2) is 4.68 Å². The maximum atomic E-state index is 12.1. The topological polar surface area (TPSA) is 90.5 Å². The number of carbonyl (C=O) groups is 2. The Morgan fingerprint density at radius 2 is 2.05 bits per heavy atom. The van der Waals surface area contributed by atoms with Gasteiger partial charge < -0.3 is 15.4 Å². The third-order valence-corrected chi connectivity index (χ3v) is 2.93. The van der Waals surface area contributed by atoms with E-state index in [2.05, 4.69) is 9.84 Å². The first-order chi connectivity index (χ1) is 10.0. The highest BCUT2D eigenvalue weighted by Crippen LogP contribution is 2.16. The molecule has 0 aliphatic rings. The van der Waals surface area contributed by atoms with Gasteiger partial charge in [0.05, 0.1) is 18.5 Å². The van der Waals surface area contributed by atoms with Crippen molar-refractivity contribution in [2.45, 2.75) is 0 Å². The van der Waals surface area contributed by atoms with Gasteiger partial charge in [-0.3, -0.25) is 9.59 Å². The molecule has 0 spiro atoms. The molecule has 7 heteroatoms. The number of nitrogens with two attached hydrogens (primary N) is 1. The first-order valence-corrected chi connectivity index (χ1v) is 6.25. The second-order valence-electron chi connectivity index (χ2n) is 4.44. The van der Waals surface area contributed by atoms with Gasteiger partial charge in [-0.2, -0.15) is 5.10 Å². The maximum absolute atomic E-state index is 12.1. The van der Waals surface area contributed by atoms with Crippen LogP contribution in [0.25, 0.3) is 5.69 Å². The molecule has 1 heterocycles. The Bertz CT molecular complexity index is 666. The number of likely N-dealkylation sites (N-methyl/N-ethyl adjacent to an activating group) is 1. The predicted octanol–water partition coefficient (Wildman–Crippen LogP) is 0.699. The number of hydrogen-bond donors (Lipinski definition) is 1. The van der Waals surface area contributed by atoms with Gasteiger partial charge >= 0.3 is 5.97 Å². The van der Waals surface area contributed by atoms with Crippen molar-refractivity contribution in [3.05, 3.63) is 42.2 Å². The van der Waals surface area contributed by atoms with Crippen LogP contribution in [0.3, 0.4) is 0 Å². The molecule has 0 bridgehead atoms. The Kier molecular flexibility index (Phi) is 4.22. The van der Waals surface area contributed by atoms with E-state index in [0.717, 1.165) is 0 Å². The van der Waals surface area contributed by atoms with Crippen LogP contribution in [0.1, 0.15) is 10.5 Å². The van der Waals surface area contributed by atoms with Crippen molar-refractivity contribution in [3.63, 3.8) is 0 Å². The van der Waals surface area contributed by atoms with Gasteiger partial charge in [0.15, 0.2) is 5.69 Å². The molecule has 0 radical (unpaired) electrons. The third kappa shape index (κ3) is 3.19. The Morgan fingerprint density at radius 3 is 2.71 bits per heavy atom. The molecule has 0 fully saturated rings. The van der Waals surface area contributed by atoms with Gasteiger partial charge in [0.2, 0.25) is 0 Å². The largest absolute Gasteiger partial charge is 0.468 e. The zero-order valence-corrected chi connectivity index (χ0v) is 11.8. The summed E-state index contributed by atoms with van der Waals surface area (Å²) in [6, 6.07) is 8.77. The molecular weight excluding hydrogens is 272 g/mol. The predicted molar refractivity (Wildman–Crippen MR) is 77.0 cm³/mol. The highest BCUT2D eigenvalue weighted by Gasteiger charge is 2.18. The van der Waals surface area contributed by atoms with E-state index in [1.54, 1.807) is 24.4 Å². The molecule has 0 saturated carbocycles. The highest BCUT2D eigenvalue weighted by atomic mass is 16.5. The molecule has 0 aliphatic carbocycles. The second-order valence-corrected chi connectivity index (χ2v) is 4.44. The average Bonchev–Trinajstić information content (AvgIpc) is 2.96. The van der Waals surface area contributed by atoms with Crippen molar-refractivity contribution in [2.24, 2.45) is 0 Å². The molecule has 7 nitrogen and oxygen atoms in total. The number of aromatic nitrogens is 2. The van der Waals surface area contributed by atoms with E-state index in [1.165, 1.54) is 23.7 Å². The summed E-state index contributed by atoms with van der Waals surface area (Å²) in [7, 11) is 2.78. The van der Waals surface area contributed by atoms with Crippen LogP contribution in [0.15, 0.2) is 36.5 Å². The van der Waals surface area contributed by atoms with Crippen LogP contribution >= 0.6 is 0 Å². The van der Waals surface area contributed by atoms with E-state index in [9.17, 15) is 9.59 Å². The molecule has 1 amide bonds. The molecule has 0 saturated heterocycles. The number of carbonyl (C=O) groups excluding carboxylic acids is 2. The summed E-state index contributed by atoms with van der Waals surface area (Å²) in [6.45, 7) is -0.129. The van der Waals surface area contributed by atoms with E-state index in [0.29, 0.717) is 11.4 Å². The summed E-state index contributed by atoms with van der Waals surface area (Å²) < 4.78 is 6.04. The number of nitrogens with zero attached hydrogens (tertiary/aromatic N) is 3. The standard InChI is InChI=1S/C14H16N4O3/c1-17(9-13(19)21-2)14(20)11-7-8-18(16-11)12-6-4-3-5-10(12)15/h3-8H,9,15H2,1-2H3. The van der Waals surface area contributed by atoms with Gasteiger partial charge in [-0.05, 0) is 18.2 Å². The van der Waals surface area contributed by atoms with Crippen LogP contribution in [0.2, 0.25) is 0 Å². The minimum Gasteiger partial charge on any atom is -0.468 e. The maximum Gasteiger partial charge on any atom is 0.325 e. The Balaban J connectivity index is 2.18. The molecule has 1 aromatic heterocycles. The monoisotopic (exact) mass is 288 g/mol. The minimum atomic E-state index is -0.488. The molecule has 2 N–H and O–H groups in total. The Labute approximate surface area is 121 Å². The molecule has 21 heavy (non-hydrogen) atoms. The summed E-state index contributed by atoms with van der Waals surface area (Å²) in [5, 5.41) is 4.19. The number of methoxy groups -OCH3 is 1. The number of hydrogen-bond acceptors (Lipinski definition) is 5. The smallest absolute Gasteiger partial charge is 0.325 e. The summed E-state index contributed by atoms with van der Waals surface area (Å²) in [5.41, 5.74) is 7.34. The first kappa shape index (κ1) is 14.6. The molecule has 0 aliphatic heterocycles. The lowest BCUT2D eigenvalue weighted by molar-refractivity contribution is -0.141. The summed E-state index contributed by atoms with van der Waals surface area (Å²) in [4.78, 5) is 24.6. The Morgan fingerprint density at radius 1 is 1.33 bits per heavy atom. The van der Waals surface area contributed by atoms with E-state index < -0.39 is 5.97 Å². The average molecular weight is 288 g/mol. The third-order valence-electron chi connectivity index (χ3n) is 2.93. The number of benzene rings is 1. The van der Waals surface area contributed by atoms with Crippen LogP contribution in [-0.2, 0) is 9.53 Å². The van der Waals surface area contributed by atoms with Gasteiger partial charge in [0.25, 0.3) is 5.91 Å². The molecule has 0 unspecified atom stereocenters. The van der Waals surface area contributed by atoms with Crippen molar-refractivity contribution < 1.29 is 14.3 Å². The van der Waals surface area contributed by atoms with Crippen LogP contribution in [0.5, 0.6) is 0 Å². The molecule has 110 valence electrons. The highest BCUT2D eigenvalue weighted by molar-refractivity contribution is 5.94. The van der Waals surface area contributed by atoms with E-state index >= 15 is 0 Å². The van der Waals surface area contributed by atoms with Crippen molar-refractivity contribution in [1.82, 2.24) is 14.7 Å². The zero-order valence-electron chi connectivity index (χ0n) is 11.8. The van der Waals surface area contributed by atoms with Gasteiger partial charge in [-0.15, -0.1) is 0 Å². The van der Waals surface area contributed by atoms with E-state index in [1.807, 2.05) is 12.1 Å². The summed E-state index contributed by atoms with van der Waals surface area (Å²) in [5.74, 6) is -0.855. The quantitative estimate of drug-likeness (QED) is 0.660. The van der Waals surface area contributed by atoms with Crippen LogP contribution in [0, 0.1) is 0 Å². The van der Waals surface area contributed by atoms with Crippen molar-refractivity contribution in [3.8, 4) is 5.69 Å². The Hall–Kier alpha value is -2.83. The van der Waals surface area contributed by atoms with Crippen LogP contribution < -0.4 is 5.73 Å². The van der Waals surface area contributed by atoms with Gasteiger partial charge in [-0.1, -0.05) is 12.1 Å². The van der Waals surface area contributed by atoms with Gasteiger partial charge in [0.1, 0.15) is 6.54 Å². The fourth-order valence-corrected chi connectivity index (χ4v) is 1.79. The van der Waals surface area contributed by atoms with Crippen LogP contribution in [-0.4, -0.2) is 47.3 Å². The molecule has 2 rings (SSSR count). The fraction of sp³-hybridized carbons (Fsp3) is 0.214. The van der Waals surface area contributed by atoms with Crippen molar-refractivity contribution in [1.29, 1.82) is 0 Å². The fourth-order valence-electron chi connectivity index (χ4n) is 1.79. The number of ether oxygens (including phenoxy) is 1. The van der Waals surface area contributed by atoms with Crippen molar-refractivity contribution >= 4 is 17.6 Å². The zero-order chi connectivity index (χ0) is 15.4.